The van der Waals surface area contributed by atoms with E-state index in [0.717, 1.165) is 0 Å². The van der Waals surface area contributed by atoms with E-state index in [9.17, 15) is 13.2 Å². The van der Waals surface area contributed by atoms with E-state index in [1.54, 1.807) is 0 Å². The molecular formula is C5H12N2O3S. The number of amides is 1. The molecule has 0 bridgehead atoms. The number of rotatable bonds is 4. The van der Waals surface area contributed by atoms with Gasteiger partial charge in [-0.05, 0) is 6.92 Å². The summed E-state index contributed by atoms with van der Waals surface area (Å²) in [6.45, 7) is 1.45. The van der Waals surface area contributed by atoms with Gasteiger partial charge in [-0.15, -0.1) is 0 Å². The molecule has 0 heterocycles. The highest BCUT2D eigenvalue weighted by Gasteiger charge is 2.21. The summed E-state index contributed by atoms with van der Waals surface area (Å²) in [5, 5.41) is -0.699. The standard InChI is InChI=1S/C5H12N2O3S/c1-4(2-6)11(9,10)3-5(7)8/h4H,2-3,6H2,1H3,(H2,7,8). The van der Waals surface area contributed by atoms with Crippen molar-refractivity contribution in [3.05, 3.63) is 0 Å². The Labute approximate surface area is 65.7 Å². The van der Waals surface area contributed by atoms with Crippen LogP contribution in [0.2, 0.25) is 0 Å². The van der Waals surface area contributed by atoms with Gasteiger partial charge in [0, 0.05) is 6.54 Å². The number of sulfone groups is 1. The SMILES string of the molecule is CC(CN)S(=O)(=O)CC(N)=O. The molecule has 0 aliphatic carbocycles. The van der Waals surface area contributed by atoms with Crippen LogP contribution >= 0.6 is 0 Å². The Morgan fingerprint density at radius 3 is 2.27 bits per heavy atom. The van der Waals surface area contributed by atoms with E-state index in [1.165, 1.54) is 6.92 Å². The first-order valence-corrected chi connectivity index (χ1v) is 4.81. The van der Waals surface area contributed by atoms with Crippen LogP contribution in [0.15, 0.2) is 0 Å². The van der Waals surface area contributed by atoms with Crippen LogP contribution in [-0.2, 0) is 14.6 Å². The van der Waals surface area contributed by atoms with Crippen molar-refractivity contribution in [2.24, 2.45) is 11.5 Å². The van der Waals surface area contributed by atoms with Crippen molar-refractivity contribution in [1.29, 1.82) is 0 Å². The first kappa shape index (κ1) is 10.4. The molecule has 0 spiro atoms. The minimum atomic E-state index is -3.41. The lowest BCUT2D eigenvalue weighted by atomic mass is 10.5. The zero-order valence-electron chi connectivity index (χ0n) is 6.28. The van der Waals surface area contributed by atoms with Crippen molar-refractivity contribution in [3.63, 3.8) is 0 Å². The fourth-order valence-corrected chi connectivity index (χ4v) is 1.46. The number of hydrogen-bond acceptors (Lipinski definition) is 4. The summed E-state index contributed by atoms with van der Waals surface area (Å²) in [5.41, 5.74) is 9.81. The summed E-state index contributed by atoms with van der Waals surface area (Å²) in [7, 11) is -3.41. The second kappa shape index (κ2) is 3.68. The predicted molar refractivity (Wildman–Crippen MR) is 41.5 cm³/mol. The molecule has 1 atom stereocenters. The minimum absolute atomic E-state index is 0.00954. The Hall–Kier alpha value is -0.620. The van der Waals surface area contributed by atoms with Gasteiger partial charge in [-0.1, -0.05) is 0 Å². The van der Waals surface area contributed by atoms with E-state index < -0.39 is 26.7 Å². The lowest BCUT2D eigenvalue weighted by Crippen LogP contribution is -2.33. The van der Waals surface area contributed by atoms with Gasteiger partial charge in [0.05, 0.1) is 5.25 Å². The molecule has 0 aromatic carbocycles. The molecule has 0 saturated carbocycles. The van der Waals surface area contributed by atoms with Gasteiger partial charge in [0.1, 0.15) is 5.75 Å². The summed E-state index contributed by atoms with van der Waals surface area (Å²) in [6.07, 6.45) is 0. The Morgan fingerprint density at radius 1 is 1.55 bits per heavy atom. The minimum Gasteiger partial charge on any atom is -0.369 e. The summed E-state index contributed by atoms with van der Waals surface area (Å²) in [5.74, 6) is -1.46. The molecule has 66 valence electrons. The molecule has 4 N–H and O–H groups in total. The Kier molecular flexibility index (Phi) is 3.47. The number of nitrogens with two attached hydrogens (primary N) is 2. The monoisotopic (exact) mass is 180 g/mol. The topological polar surface area (TPSA) is 103 Å². The number of carbonyl (C=O) groups is 1. The van der Waals surface area contributed by atoms with E-state index >= 15 is 0 Å². The van der Waals surface area contributed by atoms with Gasteiger partial charge in [-0.25, -0.2) is 8.42 Å². The average Bonchev–Trinajstić information content (AvgIpc) is 1.83. The molecule has 0 aliphatic rings. The van der Waals surface area contributed by atoms with Crippen molar-refractivity contribution >= 4 is 15.7 Å². The van der Waals surface area contributed by atoms with E-state index in [2.05, 4.69) is 0 Å². The van der Waals surface area contributed by atoms with Crippen molar-refractivity contribution in [3.8, 4) is 0 Å². The third-order valence-corrected chi connectivity index (χ3v) is 3.39. The highest BCUT2D eigenvalue weighted by molar-refractivity contribution is 7.92. The fraction of sp³-hybridized carbons (Fsp3) is 0.800. The van der Waals surface area contributed by atoms with Crippen molar-refractivity contribution in [2.45, 2.75) is 12.2 Å². The van der Waals surface area contributed by atoms with Gasteiger partial charge in [0.15, 0.2) is 9.84 Å². The molecule has 0 rings (SSSR count). The van der Waals surface area contributed by atoms with E-state index in [-0.39, 0.29) is 6.54 Å². The maximum atomic E-state index is 11.0. The lowest BCUT2D eigenvalue weighted by molar-refractivity contribution is -0.115. The van der Waals surface area contributed by atoms with E-state index in [4.69, 9.17) is 11.5 Å². The molecule has 0 aromatic heterocycles. The number of carbonyl (C=O) groups excluding carboxylic acids is 1. The van der Waals surface area contributed by atoms with E-state index in [1.807, 2.05) is 0 Å². The highest BCUT2D eigenvalue weighted by Crippen LogP contribution is 1.98. The van der Waals surface area contributed by atoms with Crippen LogP contribution in [0.1, 0.15) is 6.92 Å². The van der Waals surface area contributed by atoms with Crippen LogP contribution in [0.4, 0.5) is 0 Å². The maximum absolute atomic E-state index is 11.0. The predicted octanol–water partition coefficient (Wildman–Crippen LogP) is -1.77. The van der Waals surface area contributed by atoms with Crippen LogP contribution in [-0.4, -0.2) is 31.9 Å². The summed E-state index contributed by atoms with van der Waals surface area (Å²) in [4.78, 5) is 10.2. The first-order chi connectivity index (χ1) is 4.90. The second-order valence-corrected chi connectivity index (χ2v) is 4.74. The number of hydrogen-bond donors (Lipinski definition) is 2. The molecule has 1 amide bonds. The zero-order valence-corrected chi connectivity index (χ0v) is 7.10. The van der Waals surface area contributed by atoms with E-state index in [0.29, 0.717) is 0 Å². The fourth-order valence-electron chi connectivity index (χ4n) is 0.487. The Bertz CT molecular complexity index is 234. The van der Waals surface area contributed by atoms with Crippen molar-refractivity contribution in [2.75, 3.05) is 12.3 Å². The first-order valence-electron chi connectivity index (χ1n) is 3.10. The summed E-state index contributed by atoms with van der Waals surface area (Å²) < 4.78 is 22.0. The average molecular weight is 180 g/mol. The summed E-state index contributed by atoms with van der Waals surface area (Å²) >= 11 is 0. The van der Waals surface area contributed by atoms with Crippen molar-refractivity contribution in [1.82, 2.24) is 0 Å². The number of primary amides is 1. The lowest BCUT2D eigenvalue weighted by Gasteiger charge is -2.07. The molecule has 11 heavy (non-hydrogen) atoms. The second-order valence-electron chi connectivity index (χ2n) is 2.32. The quantitative estimate of drug-likeness (QED) is 0.534. The highest BCUT2D eigenvalue weighted by atomic mass is 32.2. The van der Waals surface area contributed by atoms with Crippen LogP contribution in [0.5, 0.6) is 0 Å². The van der Waals surface area contributed by atoms with Gasteiger partial charge in [0.25, 0.3) is 0 Å². The Balaban J connectivity index is 4.35. The molecule has 0 saturated heterocycles. The van der Waals surface area contributed by atoms with Crippen LogP contribution in [0.25, 0.3) is 0 Å². The molecule has 0 aliphatic heterocycles. The molecule has 0 radical (unpaired) electrons. The smallest absolute Gasteiger partial charge is 0.232 e. The van der Waals surface area contributed by atoms with Gasteiger partial charge in [-0.2, -0.15) is 0 Å². The van der Waals surface area contributed by atoms with Crippen molar-refractivity contribution < 1.29 is 13.2 Å². The molecule has 0 fully saturated rings. The third kappa shape index (κ3) is 3.33. The largest absolute Gasteiger partial charge is 0.369 e. The van der Waals surface area contributed by atoms with Crippen LogP contribution in [0.3, 0.4) is 0 Å². The normalized spacial score (nSPS) is 14.4. The van der Waals surface area contributed by atoms with Crippen LogP contribution < -0.4 is 11.5 Å². The Morgan fingerprint density at radius 2 is 2.00 bits per heavy atom. The van der Waals surface area contributed by atoms with Gasteiger partial charge >= 0.3 is 0 Å². The van der Waals surface area contributed by atoms with Gasteiger partial charge < -0.3 is 11.5 Å². The molecule has 0 aromatic rings. The molecule has 6 heteroatoms. The van der Waals surface area contributed by atoms with Gasteiger partial charge in [-0.3, -0.25) is 4.79 Å². The molecule has 1 unspecified atom stereocenters. The molecular weight excluding hydrogens is 168 g/mol. The van der Waals surface area contributed by atoms with Crippen LogP contribution in [0, 0.1) is 0 Å². The summed E-state index contributed by atoms with van der Waals surface area (Å²) in [6, 6.07) is 0. The third-order valence-electron chi connectivity index (χ3n) is 1.29. The zero-order chi connectivity index (χ0) is 9.07. The van der Waals surface area contributed by atoms with Gasteiger partial charge in [0.2, 0.25) is 5.91 Å². The maximum Gasteiger partial charge on any atom is 0.232 e. The molecule has 5 nitrogen and oxygen atoms in total.